The highest BCUT2D eigenvalue weighted by molar-refractivity contribution is 5.86. The lowest BCUT2D eigenvalue weighted by Gasteiger charge is -2.40. The number of nitrogens with zero attached hydrogens (tertiary/aromatic N) is 1. The number of hydrogen-bond donors (Lipinski definition) is 3. The van der Waals surface area contributed by atoms with Gasteiger partial charge in [-0.05, 0) is 31.6 Å². The predicted molar refractivity (Wildman–Crippen MR) is 74.9 cm³/mol. The molecule has 3 N–H and O–H groups in total. The minimum absolute atomic E-state index is 0.190. The second-order valence-electron chi connectivity index (χ2n) is 6.10. The maximum atomic E-state index is 12.4. The Bertz CT molecular complexity index is 393. The van der Waals surface area contributed by atoms with E-state index < -0.39 is 23.6 Å². The molecule has 2 amide bonds. The molecule has 1 saturated carbocycles. The summed E-state index contributed by atoms with van der Waals surface area (Å²) in [5, 5.41) is 21.6. The van der Waals surface area contributed by atoms with Gasteiger partial charge in [0.1, 0.15) is 5.54 Å². The fourth-order valence-electron chi connectivity index (χ4n) is 3.00. The average molecular weight is 300 g/mol. The first-order chi connectivity index (χ1) is 9.98. The lowest BCUT2D eigenvalue weighted by atomic mass is 9.77. The Labute approximate surface area is 124 Å². The number of hydrogen-bond acceptors (Lipinski definition) is 4. The molecule has 7 nitrogen and oxygen atoms in total. The van der Waals surface area contributed by atoms with Gasteiger partial charge < -0.3 is 25.2 Å². The normalized spacial score (nSPS) is 33.5. The van der Waals surface area contributed by atoms with E-state index in [1.165, 1.54) is 4.90 Å². The molecule has 0 bridgehead atoms. The summed E-state index contributed by atoms with van der Waals surface area (Å²) < 4.78 is 5.23. The highest BCUT2D eigenvalue weighted by Gasteiger charge is 2.44. The summed E-state index contributed by atoms with van der Waals surface area (Å²) in [4.78, 5) is 25.5. The third-order valence-electron chi connectivity index (χ3n) is 4.58. The van der Waals surface area contributed by atoms with E-state index in [0.717, 1.165) is 12.8 Å². The van der Waals surface area contributed by atoms with Crippen molar-refractivity contribution in [3.05, 3.63) is 0 Å². The van der Waals surface area contributed by atoms with Crippen molar-refractivity contribution >= 4 is 12.0 Å². The van der Waals surface area contributed by atoms with Gasteiger partial charge in [0.05, 0.1) is 25.9 Å². The lowest BCUT2D eigenvalue weighted by molar-refractivity contribution is -0.146. The van der Waals surface area contributed by atoms with Crippen LogP contribution in [0.4, 0.5) is 4.79 Å². The summed E-state index contributed by atoms with van der Waals surface area (Å²) in [6.07, 6.45) is 2.48. The smallest absolute Gasteiger partial charge is 0.329 e. The Kier molecular flexibility index (Phi) is 5.05. The van der Waals surface area contributed by atoms with E-state index in [2.05, 4.69) is 12.2 Å². The monoisotopic (exact) mass is 300 g/mol. The summed E-state index contributed by atoms with van der Waals surface area (Å²) in [6, 6.07) is -0.832. The van der Waals surface area contributed by atoms with Crippen LogP contribution in [0.15, 0.2) is 0 Å². The number of ether oxygens (including phenoxy) is 1. The van der Waals surface area contributed by atoms with Gasteiger partial charge in [-0.3, -0.25) is 0 Å². The van der Waals surface area contributed by atoms with Crippen molar-refractivity contribution < 1.29 is 24.5 Å². The molecular formula is C14H24N2O5. The van der Waals surface area contributed by atoms with Gasteiger partial charge in [0.2, 0.25) is 0 Å². The van der Waals surface area contributed by atoms with Gasteiger partial charge in [-0.25, -0.2) is 9.59 Å². The SMILES string of the molecule is CC1CCC(NC(=O)N2CCOCC2CO)(C(=O)O)CC1. The van der Waals surface area contributed by atoms with Gasteiger partial charge in [0.25, 0.3) is 0 Å². The van der Waals surface area contributed by atoms with Gasteiger partial charge in [-0.2, -0.15) is 0 Å². The van der Waals surface area contributed by atoms with Crippen molar-refractivity contribution in [1.29, 1.82) is 0 Å². The molecule has 0 spiro atoms. The summed E-state index contributed by atoms with van der Waals surface area (Å²) in [5.74, 6) is -0.487. The fourth-order valence-corrected chi connectivity index (χ4v) is 3.00. The first kappa shape index (κ1) is 16.0. The summed E-state index contributed by atoms with van der Waals surface area (Å²) in [7, 11) is 0. The molecule has 2 fully saturated rings. The fraction of sp³-hybridized carbons (Fsp3) is 0.857. The molecule has 1 aliphatic heterocycles. The molecule has 0 aromatic carbocycles. The Balaban J connectivity index is 2.06. The van der Waals surface area contributed by atoms with Gasteiger partial charge in [0.15, 0.2) is 0 Å². The summed E-state index contributed by atoms with van der Waals surface area (Å²) in [6.45, 7) is 2.95. The molecule has 1 aliphatic carbocycles. The van der Waals surface area contributed by atoms with Gasteiger partial charge in [-0.1, -0.05) is 6.92 Å². The number of morpholine rings is 1. The third-order valence-corrected chi connectivity index (χ3v) is 4.58. The van der Waals surface area contributed by atoms with Crippen LogP contribution in [-0.2, 0) is 9.53 Å². The van der Waals surface area contributed by atoms with Gasteiger partial charge >= 0.3 is 12.0 Å². The van der Waals surface area contributed by atoms with Crippen molar-refractivity contribution in [2.45, 2.75) is 44.2 Å². The Morgan fingerprint density at radius 3 is 2.62 bits per heavy atom. The number of rotatable bonds is 3. The number of aliphatic hydroxyl groups is 1. The highest BCUT2D eigenvalue weighted by atomic mass is 16.5. The quantitative estimate of drug-likeness (QED) is 0.701. The van der Waals surface area contributed by atoms with E-state index in [4.69, 9.17) is 4.74 Å². The zero-order valence-corrected chi connectivity index (χ0v) is 12.4. The Morgan fingerprint density at radius 2 is 2.05 bits per heavy atom. The zero-order valence-electron chi connectivity index (χ0n) is 12.4. The van der Waals surface area contributed by atoms with Crippen LogP contribution in [0.5, 0.6) is 0 Å². The number of carboxylic acids is 1. The Morgan fingerprint density at radius 1 is 1.38 bits per heavy atom. The van der Waals surface area contributed by atoms with Crippen molar-refractivity contribution in [2.75, 3.05) is 26.4 Å². The van der Waals surface area contributed by atoms with Crippen molar-refractivity contribution in [3.63, 3.8) is 0 Å². The maximum Gasteiger partial charge on any atom is 0.329 e. The molecule has 120 valence electrons. The topological polar surface area (TPSA) is 99.1 Å². The van der Waals surface area contributed by atoms with Gasteiger partial charge in [0, 0.05) is 6.54 Å². The molecule has 0 aromatic heterocycles. The zero-order chi connectivity index (χ0) is 15.5. The number of aliphatic hydroxyl groups excluding tert-OH is 1. The molecule has 1 saturated heterocycles. The molecule has 2 rings (SSSR count). The minimum atomic E-state index is -1.18. The van der Waals surface area contributed by atoms with Crippen LogP contribution in [0.2, 0.25) is 0 Å². The molecule has 2 aliphatic rings. The van der Waals surface area contributed by atoms with Crippen LogP contribution < -0.4 is 5.32 Å². The largest absolute Gasteiger partial charge is 0.480 e. The lowest BCUT2D eigenvalue weighted by Crippen LogP contribution is -2.62. The molecular weight excluding hydrogens is 276 g/mol. The first-order valence-corrected chi connectivity index (χ1v) is 7.49. The van der Waals surface area contributed by atoms with Crippen molar-refractivity contribution in [1.82, 2.24) is 10.2 Å². The standard InChI is InChI=1S/C14H24N2O5/c1-10-2-4-14(5-3-10,12(18)19)15-13(20)16-6-7-21-9-11(16)8-17/h10-11,17H,2-9H2,1H3,(H,15,20)(H,18,19). The van der Waals surface area contributed by atoms with Crippen LogP contribution in [0.3, 0.4) is 0 Å². The molecule has 7 heteroatoms. The van der Waals surface area contributed by atoms with E-state index in [0.29, 0.717) is 31.9 Å². The van der Waals surface area contributed by atoms with Crippen molar-refractivity contribution in [2.24, 2.45) is 5.92 Å². The number of carbonyl (C=O) groups is 2. The number of carboxylic acid groups (broad SMARTS) is 1. The third kappa shape index (κ3) is 3.47. The second-order valence-corrected chi connectivity index (χ2v) is 6.10. The molecule has 1 heterocycles. The minimum Gasteiger partial charge on any atom is -0.480 e. The summed E-state index contributed by atoms with van der Waals surface area (Å²) >= 11 is 0. The van der Waals surface area contributed by atoms with Crippen LogP contribution >= 0.6 is 0 Å². The van der Waals surface area contributed by atoms with E-state index in [1.807, 2.05) is 0 Å². The van der Waals surface area contributed by atoms with E-state index in [-0.39, 0.29) is 13.2 Å². The van der Waals surface area contributed by atoms with Crippen LogP contribution in [-0.4, -0.2) is 65.1 Å². The molecule has 1 atom stereocenters. The molecule has 1 unspecified atom stereocenters. The maximum absolute atomic E-state index is 12.4. The van der Waals surface area contributed by atoms with Crippen LogP contribution in [0.25, 0.3) is 0 Å². The van der Waals surface area contributed by atoms with Crippen molar-refractivity contribution in [3.8, 4) is 0 Å². The number of amides is 2. The predicted octanol–water partition coefficient (Wildman–Crippen LogP) is 0.423. The molecule has 0 aromatic rings. The average Bonchev–Trinajstić information content (AvgIpc) is 2.49. The van der Waals surface area contributed by atoms with Crippen LogP contribution in [0, 0.1) is 5.92 Å². The van der Waals surface area contributed by atoms with E-state index in [1.54, 1.807) is 0 Å². The van der Waals surface area contributed by atoms with Crippen LogP contribution in [0.1, 0.15) is 32.6 Å². The van der Waals surface area contributed by atoms with E-state index >= 15 is 0 Å². The van der Waals surface area contributed by atoms with E-state index in [9.17, 15) is 19.8 Å². The second kappa shape index (κ2) is 6.62. The number of aliphatic carboxylic acids is 1. The first-order valence-electron chi connectivity index (χ1n) is 7.49. The molecule has 0 radical (unpaired) electrons. The number of nitrogens with one attached hydrogen (secondary N) is 1. The molecule has 21 heavy (non-hydrogen) atoms. The number of carbonyl (C=O) groups excluding carboxylic acids is 1. The highest BCUT2D eigenvalue weighted by Crippen LogP contribution is 2.32. The summed E-state index contributed by atoms with van der Waals surface area (Å²) in [5.41, 5.74) is -1.18. The Hall–Kier alpha value is -1.34. The number of urea groups is 1. The van der Waals surface area contributed by atoms with Gasteiger partial charge in [-0.15, -0.1) is 0 Å².